The molecule has 0 atom stereocenters. The second-order valence-electron chi connectivity index (χ2n) is 18.7. The molecule has 0 radical (unpaired) electrons. The molecule has 0 spiro atoms. The van der Waals surface area contributed by atoms with E-state index in [1.165, 1.54) is 142 Å². The van der Waals surface area contributed by atoms with E-state index in [1.54, 1.807) is 0 Å². The molecule has 0 amide bonds. The molecule has 0 N–H and O–H groups in total. The average Bonchev–Trinajstić information content (AvgIpc) is 3.43. The Hall–Kier alpha value is -9.10. The largest absolute Gasteiger partial charge is 0.0616 e. The van der Waals surface area contributed by atoms with Gasteiger partial charge in [0.05, 0.1) is 0 Å². The van der Waals surface area contributed by atoms with Crippen LogP contribution in [0, 0.1) is 0 Å². The third-order valence-corrected chi connectivity index (χ3v) is 14.8. The van der Waals surface area contributed by atoms with E-state index >= 15 is 0 Å². The van der Waals surface area contributed by atoms with Crippen molar-refractivity contribution in [1.82, 2.24) is 0 Å². The molecule has 14 aromatic rings. The molecule has 0 aliphatic rings. The quantitative estimate of drug-likeness (QED) is 0.146. The first-order valence-corrected chi connectivity index (χ1v) is 24.3. The highest BCUT2D eigenvalue weighted by atomic mass is 14.2. The number of benzene rings is 14. The highest BCUT2D eigenvalue weighted by molar-refractivity contribution is 6.24. The van der Waals surface area contributed by atoms with E-state index in [4.69, 9.17) is 0 Å². The Morgan fingerprint density at radius 3 is 0.957 bits per heavy atom. The summed E-state index contributed by atoms with van der Waals surface area (Å²) in [4.78, 5) is 0. The van der Waals surface area contributed by atoms with Gasteiger partial charge in [-0.25, -0.2) is 0 Å². The van der Waals surface area contributed by atoms with E-state index in [1.807, 2.05) is 0 Å². The highest BCUT2D eigenvalue weighted by Crippen LogP contribution is 2.48. The molecule has 0 heterocycles. The lowest BCUT2D eigenvalue weighted by molar-refractivity contribution is 1.61. The van der Waals surface area contributed by atoms with Gasteiger partial charge in [0.1, 0.15) is 0 Å². The molecule has 0 fully saturated rings. The van der Waals surface area contributed by atoms with Crippen LogP contribution in [0.4, 0.5) is 0 Å². The van der Waals surface area contributed by atoms with Crippen molar-refractivity contribution >= 4 is 75.4 Å². The lowest BCUT2D eigenvalue weighted by Gasteiger charge is -2.20. The second kappa shape index (κ2) is 16.3. The maximum Gasteiger partial charge on any atom is -0.00201 e. The molecule has 14 rings (SSSR count). The van der Waals surface area contributed by atoms with Gasteiger partial charge in [0.25, 0.3) is 0 Å². The fraction of sp³-hybridized carbons (Fsp3) is 0. The fourth-order valence-electron chi connectivity index (χ4n) is 11.5. The van der Waals surface area contributed by atoms with Gasteiger partial charge in [-0.2, -0.15) is 0 Å². The second-order valence-corrected chi connectivity index (χ2v) is 18.7. The van der Waals surface area contributed by atoms with Crippen LogP contribution in [0.25, 0.3) is 142 Å². The minimum atomic E-state index is 1.19. The van der Waals surface area contributed by atoms with Crippen molar-refractivity contribution in [1.29, 1.82) is 0 Å². The van der Waals surface area contributed by atoms with E-state index in [0.29, 0.717) is 0 Å². The number of rotatable bonds is 6. The van der Waals surface area contributed by atoms with Gasteiger partial charge in [-0.05, 0) is 166 Å². The summed E-state index contributed by atoms with van der Waals surface area (Å²) in [7, 11) is 0. The standard InChI is InChI=1S/C70H44/c1-4-18-50-41-54(36-31-45(50)15-1)57-21-7-8-22-58(57)70-63-27-13-11-25-61(63)67(62-26-12-14-28-64(62)70)49-34-29-48(30-35-49)53-39-40-65-66(44-53)69(56-38-33-47-17-3-6-20-52(47)43-56)60-24-10-9-23-59(60)68(65)55-37-32-46-16-2-5-19-51(46)42-55/h1-44H. The van der Waals surface area contributed by atoms with Crippen molar-refractivity contribution in [3.05, 3.63) is 267 Å². The van der Waals surface area contributed by atoms with Crippen LogP contribution in [-0.4, -0.2) is 0 Å². The summed E-state index contributed by atoms with van der Waals surface area (Å²) in [6.45, 7) is 0. The molecule has 0 aliphatic heterocycles. The van der Waals surface area contributed by atoms with E-state index < -0.39 is 0 Å². The smallest absolute Gasteiger partial charge is 0.00201 e. The van der Waals surface area contributed by atoms with E-state index in [9.17, 15) is 0 Å². The highest BCUT2D eigenvalue weighted by Gasteiger charge is 2.21. The minimum Gasteiger partial charge on any atom is -0.0616 e. The van der Waals surface area contributed by atoms with Crippen LogP contribution in [0.1, 0.15) is 0 Å². The van der Waals surface area contributed by atoms with Gasteiger partial charge < -0.3 is 0 Å². The summed E-state index contributed by atoms with van der Waals surface area (Å²) < 4.78 is 0. The van der Waals surface area contributed by atoms with Gasteiger partial charge in [-0.15, -0.1) is 0 Å². The number of hydrogen-bond acceptors (Lipinski definition) is 0. The molecule has 70 heavy (non-hydrogen) atoms. The van der Waals surface area contributed by atoms with E-state index in [0.717, 1.165) is 0 Å². The normalized spacial score (nSPS) is 11.7. The molecule has 0 heteroatoms. The van der Waals surface area contributed by atoms with Crippen molar-refractivity contribution in [2.45, 2.75) is 0 Å². The summed E-state index contributed by atoms with van der Waals surface area (Å²) in [5, 5.41) is 17.5. The molecule has 0 saturated heterocycles. The lowest BCUT2D eigenvalue weighted by atomic mass is 9.83. The van der Waals surface area contributed by atoms with Gasteiger partial charge in [0, 0.05) is 0 Å². The summed E-state index contributed by atoms with van der Waals surface area (Å²) in [6, 6.07) is 99.1. The molecular weight excluding hydrogens is 841 g/mol. The van der Waals surface area contributed by atoms with Crippen LogP contribution >= 0.6 is 0 Å². The van der Waals surface area contributed by atoms with Crippen molar-refractivity contribution in [2.75, 3.05) is 0 Å². The Bertz CT molecular complexity index is 4340. The predicted molar refractivity (Wildman–Crippen MR) is 302 cm³/mol. The maximum atomic E-state index is 2.44. The molecule has 324 valence electrons. The predicted octanol–water partition coefficient (Wildman–Crippen LogP) is 19.8. The van der Waals surface area contributed by atoms with Crippen LogP contribution < -0.4 is 0 Å². The van der Waals surface area contributed by atoms with Gasteiger partial charge in [0.2, 0.25) is 0 Å². The first-order valence-electron chi connectivity index (χ1n) is 24.3. The van der Waals surface area contributed by atoms with Crippen LogP contribution in [-0.2, 0) is 0 Å². The Labute approximate surface area is 407 Å². The van der Waals surface area contributed by atoms with Gasteiger partial charge in [0.15, 0.2) is 0 Å². The molecule has 0 unspecified atom stereocenters. The zero-order valence-electron chi connectivity index (χ0n) is 38.4. The van der Waals surface area contributed by atoms with Crippen molar-refractivity contribution in [3.63, 3.8) is 0 Å². The molecule has 0 saturated carbocycles. The first kappa shape index (κ1) is 40.0. The van der Waals surface area contributed by atoms with Crippen LogP contribution in [0.5, 0.6) is 0 Å². The van der Waals surface area contributed by atoms with E-state index in [-0.39, 0.29) is 0 Å². The van der Waals surface area contributed by atoms with Crippen LogP contribution in [0.2, 0.25) is 0 Å². The van der Waals surface area contributed by atoms with Crippen molar-refractivity contribution < 1.29 is 0 Å². The Kier molecular flexibility index (Phi) is 9.32. The molecule has 0 aromatic heterocycles. The summed E-state index contributed by atoms with van der Waals surface area (Å²) in [6.07, 6.45) is 0. The number of hydrogen-bond donors (Lipinski definition) is 0. The van der Waals surface area contributed by atoms with Crippen molar-refractivity contribution in [2.24, 2.45) is 0 Å². The Morgan fingerprint density at radius 1 is 0.143 bits per heavy atom. The van der Waals surface area contributed by atoms with Gasteiger partial charge >= 0.3 is 0 Å². The molecular formula is C70H44. The van der Waals surface area contributed by atoms with Crippen LogP contribution in [0.3, 0.4) is 0 Å². The average molecular weight is 885 g/mol. The Morgan fingerprint density at radius 2 is 0.457 bits per heavy atom. The third-order valence-electron chi connectivity index (χ3n) is 14.8. The summed E-state index contributed by atoms with van der Waals surface area (Å²) in [5.74, 6) is 0. The fourth-order valence-corrected chi connectivity index (χ4v) is 11.5. The minimum absolute atomic E-state index is 1.19. The third kappa shape index (κ3) is 6.53. The summed E-state index contributed by atoms with van der Waals surface area (Å²) in [5.41, 5.74) is 14.8. The lowest BCUT2D eigenvalue weighted by Crippen LogP contribution is -1.93. The summed E-state index contributed by atoms with van der Waals surface area (Å²) >= 11 is 0. The van der Waals surface area contributed by atoms with Crippen LogP contribution in [0.15, 0.2) is 267 Å². The van der Waals surface area contributed by atoms with E-state index in [2.05, 4.69) is 267 Å². The van der Waals surface area contributed by atoms with Gasteiger partial charge in [-0.3, -0.25) is 0 Å². The number of fused-ring (bicyclic) bond motifs is 7. The molecule has 0 aliphatic carbocycles. The first-order chi connectivity index (χ1) is 34.7. The topological polar surface area (TPSA) is 0 Å². The van der Waals surface area contributed by atoms with Gasteiger partial charge in [-0.1, -0.05) is 243 Å². The zero-order valence-corrected chi connectivity index (χ0v) is 38.4. The maximum absolute atomic E-state index is 2.44. The Balaban J connectivity index is 0.944. The molecule has 0 nitrogen and oxygen atoms in total. The zero-order chi connectivity index (χ0) is 46.1. The van der Waals surface area contributed by atoms with Crippen molar-refractivity contribution in [3.8, 4) is 66.8 Å². The molecule has 14 aromatic carbocycles. The molecule has 0 bridgehead atoms. The SMILES string of the molecule is c1ccc(-c2c3ccccc3c(-c3ccc(-c4ccc5c(-c6ccc7ccccc7c6)c6ccccc6c(-c6ccc7ccccc7c6)c5c4)cc3)c3ccccc23)c(-c2ccc3ccccc3c2)c1. The monoisotopic (exact) mass is 884 g/mol.